The van der Waals surface area contributed by atoms with Crippen LogP contribution in [0.2, 0.25) is 0 Å². The third kappa shape index (κ3) is 3.70. The molecule has 0 spiro atoms. The number of carbonyl (C=O) groups is 1. The fraction of sp³-hybridized carbons (Fsp3) is 0.600. The molecular formula is C10H13N5O4S2. The average molecular weight is 331 g/mol. The molecule has 0 aromatic carbocycles. The second kappa shape index (κ2) is 6.39. The summed E-state index contributed by atoms with van der Waals surface area (Å²) in [7, 11) is -3.79. The van der Waals surface area contributed by atoms with Crippen molar-refractivity contribution in [3.8, 4) is 0 Å². The number of hydrogen-bond acceptors (Lipinski definition) is 8. The first-order chi connectivity index (χ1) is 9.93. The van der Waals surface area contributed by atoms with Gasteiger partial charge in [0.05, 0.1) is 6.04 Å². The van der Waals surface area contributed by atoms with Crippen LogP contribution in [0.1, 0.15) is 19.8 Å². The molecule has 21 heavy (non-hydrogen) atoms. The standard InChI is InChI=1S/C10H13N5O4S2/c1-7(17)12-9-13-14-10(20-9)21(18,19)15-4-2-3-8(5-15)11-6-16/h8H,2-5H2,1H3,(H,12,13,17). The molecule has 9 nitrogen and oxygen atoms in total. The number of isocyanates is 1. The SMILES string of the molecule is CC(=O)Nc1nnc(S(=O)(=O)N2CCCC(N=C=O)C2)s1. The van der Waals surface area contributed by atoms with Crippen LogP contribution in [0, 0.1) is 0 Å². The van der Waals surface area contributed by atoms with E-state index in [0.29, 0.717) is 19.4 Å². The van der Waals surface area contributed by atoms with Crippen LogP contribution in [0.5, 0.6) is 0 Å². The summed E-state index contributed by atoms with van der Waals surface area (Å²) in [6, 6.07) is -0.381. The van der Waals surface area contributed by atoms with Gasteiger partial charge in [-0.2, -0.15) is 4.31 Å². The van der Waals surface area contributed by atoms with E-state index >= 15 is 0 Å². The van der Waals surface area contributed by atoms with Gasteiger partial charge in [-0.25, -0.2) is 18.2 Å². The Bertz CT molecular complexity index is 679. The summed E-state index contributed by atoms with van der Waals surface area (Å²) in [5.41, 5.74) is 0. The Hall–Kier alpha value is -1.68. The maximum Gasteiger partial charge on any atom is 0.272 e. The first-order valence-corrected chi connectivity index (χ1v) is 8.37. The Morgan fingerprint density at radius 2 is 2.29 bits per heavy atom. The van der Waals surface area contributed by atoms with E-state index in [9.17, 15) is 18.0 Å². The predicted molar refractivity (Wildman–Crippen MR) is 74.1 cm³/mol. The fourth-order valence-corrected chi connectivity index (χ4v) is 4.55. The largest absolute Gasteiger partial charge is 0.301 e. The summed E-state index contributed by atoms with van der Waals surface area (Å²) in [5.74, 6) is -0.353. The zero-order valence-corrected chi connectivity index (χ0v) is 12.8. The molecule has 1 aliphatic heterocycles. The van der Waals surface area contributed by atoms with Crippen molar-refractivity contribution in [2.45, 2.75) is 30.1 Å². The van der Waals surface area contributed by atoms with Crippen molar-refractivity contribution in [1.29, 1.82) is 0 Å². The van der Waals surface area contributed by atoms with Gasteiger partial charge in [0.15, 0.2) is 0 Å². The topological polar surface area (TPSA) is 122 Å². The maximum absolute atomic E-state index is 12.4. The zero-order chi connectivity index (χ0) is 15.5. The van der Waals surface area contributed by atoms with Crippen molar-refractivity contribution in [2.24, 2.45) is 4.99 Å². The van der Waals surface area contributed by atoms with E-state index in [1.807, 2.05) is 0 Å². The number of nitrogens with zero attached hydrogens (tertiary/aromatic N) is 4. The summed E-state index contributed by atoms with van der Waals surface area (Å²) >= 11 is 0.785. The van der Waals surface area contributed by atoms with Gasteiger partial charge in [-0.3, -0.25) is 4.79 Å². The van der Waals surface area contributed by atoms with E-state index in [1.54, 1.807) is 0 Å². The third-order valence-corrected chi connectivity index (χ3v) is 5.89. The van der Waals surface area contributed by atoms with Gasteiger partial charge < -0.3 is 5.32 Å². The normalized spacial score (nSPS) is 19.8. The molecule has 114 valence electrons. The minimum Gasteiger partial charge on any atom is -0.301 e. The Labute approximate surface area is 125 Å². The number of nitrogens with one attached hydrogen (secondary N) is 1. The van der Waals surface area contributed by atoms with Crippen LogP contribution >= 0.6 is 11.3 Å². The molecule has 0 aliphatic carbocycles. The molecule has 1 atom stereocenters. The Balaban J connectivity index is 2.19. The van der Waals surface area contributed by atoms with Gasteiger partial charge >= 0.3 is 0 Å². The second-order valence-electron chi connectivity index (χ2n) is 4.43. The number of anilines is 1. The number of carbonyl (C=O) groups excluding carboxylic acids is 2. The molecule has 1 aromatic heterocycles. The lowest BCUT2D eigenvalue weighted by atomic mass is 10.1. The molecule has 2 heterocycles. The first-order valence-electron chi connectivity index (χ1n) is 6.11. The second-order valence-corrected chi connectivity index (χ2v) is 7.52. The fourth-order valence-electron chi connectivity index (χ4n) is 1.94. The lowest BCUT2D eigenvalue weighted by Crippen LogP contribution is -2.41. The summed E-state index contributed by atoms with van der Waals surface area (Å²) in [6.45, 7) is 1.75. The van der Waals surface area contributed by atoms with E-state index in [1.165, 1.54) is 17.3 Å². The van der Waals surface area contributed by atoms with Crippen LogP contribution in [-0.2, 0) is 19.6 Å². The number of aromatic nitrogens is 2. The van der Waals surface area contributed by atoms with E-state index in [-0.39, 0.29) is 28.0 Å². The summed E-state index contributed by atoms with van der Waals surface area (Å²) < 4.78 is 25.9. The van der Waals surface area contributed by atoms with E-state index in [4.69, 9.17) is 0 Å². The zero-order valence-electron chi connectivity index (χ0n) is 11.1. The molecule has 0 saturated carbocycles. The Morgan fingerprint density at radius 3 is 2.95 bits per heavy atom. The van der Waals surface area contributed by atoms with E-state index in [0.717, 1.165) is 11.3 Å². The van der Waals surface area contributed by atoms with Crippen LogP contribution in [-0.4, -0.2) is 54.0 Å². The van der Waals surface area contributed by atoms with Gasteiger partial charge in [0.1, 0.15) is 0 Å². The highest BCUT2D eigenvalue weighted by Gasteiger charge is 2.33. The van der Waals surface area contributed by atoms with Crippen LogP contribution in [0.15, 0.2) is 9.33 Å². The number of hydrogen-bond donors (Lipinski definition) is 1. The van der Waals surface area contributed by atoms with Gasteiger partial charge in [-0.1, -0.05) is 11.3 Å². The van der Waals surface area contributed by atoms with E-state index in [2.05, 4.69) is 20.5 Å². The molecule has 1 unspecified atom stereocenters. The Morgan fingerprint density at radius 1 is 1.52 bits per heavy atom. The number of sulfonamides is 1. The number of rotatable bonds is 4. The number of aliphatic imine (C=N–C) groups is 1. The number of piperidine rings is 1. The highest BCUT2D eigenvalue weighted by atomic mass is 32.2. The van der Waals surface area contributed by atoms with Crippen molar-refractivity contribution >= 4 is 38.5 Å². The minimum absolute atomic E-state index is 0.118. The molecule has 1 aromatic rings. The van der Waals surface area contributed by atoms with Gasteiger partial charge in [0, 0.05) is 20.0 Å². The minimum atomic E-state index is -3.79. The van der Waals surface area contributed by atoms with Crippen LogP contribution in [0.4, 0.5) is 5.13 Å². The van der Waals surface area contributed by atoms with Gasteiger partial charge in [-0.15, -0.1) is 10.2 Å². The molecule has 1 saturated heterocycles. The average Bonchev–Trinajstić information content (AvgIpc) is 2.88. The lowest BCUT2D eigenvalue weighted by Gasteiger charge is -2.28. The monoisotopic (exact) mass is 331 g/mol. The van der Waals surface area contributed by atoms with Crippen molar-refractivity contribution < 1.29 is 18.0 Å². The van der Waals surface area contributed by atoms with Gasteiger partial charge in [0.2, 0.25) is 21.5 Å². The smallest absolute Gasteiger partial charge is 0.272 e. The maximum atomic E-state index is 12.4. The summed E-state index contributed by atoms with van der Waals surface area (Å²) in [4.78, 5) is 24.8. The molecule has 0 bridgehead atoms. The third-order valence-electron chi connectivity index (χ3n) is 2.84. The van der Waals surface area contributed by atoms with Crippen LogP contribution in [0.3, 0.4) is 0 Å². The van der Waals surface area contributed by atoms with Crippen molar-refractivity contribution in [2.75, 3.05) is 18.4 Å². The molecule has 0 radical (unpaired) electrons. The molecule has 2 rings (SSSR count). The van der Waals surface area contributed by atoms with Crippen molar-refractivity contribution in [3.05, 3.63) is 0 Å². The number of amides is 1. The highest BCUT2D eigenvalue weighted by Crippen LogP contribution is 2.26. The molecule has 1 N–H and O–H groups in total. The van der Waals surface area contributed by atoms with E-state index < -0.39 is 10.0 Å². The summed E-state index contributed by atoms with van der Waals surface area (Å²) in [6.07, 6.45) is 2.71. The molecule has 1 amide bonds. The molecule has 11 heteroatoms. The van der Waals surface area contributed by atoms with Crippen molar-refractivity contribution in [1.82, 2.24) is 14.5 Å². The summed E-state index contributed by atoms with van der Waals surface area (Å²) in [5, 5.41) is 9.73. The van der Waals surface area contributed by atoms with Crippen LogP contribution in [0.25, 0.3) is 0 Å². The van der Waals surface area contributed by atoms with Gasteiger partial charge in [0.25, 0.3) is 10.0 Å². The lowest BCUT2D eigenvalue weighted by molar-refractivity contribution is -0.114. The van der Waals surface area contributed by atoms with Crippen LogP contribution < -0.4 is 5.32 Å². The first kappa shape index (κ1) is 15.7. The quantitative estimate of drug-likeness (QED) is 0.470. The molecule has 1 fully saturated rings. The predicted octanol–water partition coefficient (Wildman–Crippen LogP) is -0.0146. The molecule has 1 aliphatic rings. The van der Waals surface area contributed by atoms with Gasteiger partial charge in [-0.05, 0) is 12.8 Å². The Kier molecular flexibility index (Phi) is 4.78. The van der Waals surface area contributed by atoms with Crippen molar-refractivity contribution in [3.63, 3.8) is 0 Å². The highest BCUT2D eigenvalue weighted by molar-refractivity contribution is 7.91. The molecular weight excluding hydrogens is 318 g/mol.